The second-order valence-electron chi connectivity index (χ2n) is 5.46. The van der Waals surface area contributed by atoms with Gasteiger partial charge in [0, 0.05) is 17.4 Å². The Bertz CT molecular complexity index is 515. The summed E-state index contributed by atoms with van der Waals surface area (Å²) in [6, 6.07) is 1.87. The van der Waals surface area contributed by atoms with Gasteiger partial charge in [0.15, 0.2) is 0 Å². The van der Waals surface area contributed by atoms with Crippen molar-refractivity contribution in [2.24, 2.45) is 5.92 Å². The van der Waals surface area contributed by atoms with Crippen LogP contribution in [-0.4, -0.2) is 17.0 Å². The van der Waals surface area contributed by atoms with E-state index in [4.69, 9.17) is 5.11 Å². The Morgan fingerprint density at radius 1 is 1.33 bits per heavy atom. The van der Waals surface area contributed by atoms with Crippen molar-refractivity contribution in [2.45, 2.75) is 45.1 Å². The molecule has 2 N–H and O–H groups in total. The molecule has 1 aromatic rings. The molecule has 0 radical (unpaired) electrons. The van der Waals surface area contributed by atoms with Gasteiger partial charge in [-0.15, -0.1) is 11.3 Å². The predicted molar refractivity (Wildman–Crippen MR) is 84.0 cm³/mol. The summed E-state index contributed by atoms with van der Waals surface area (Å²) in [5.41, 5.74) is 0.861. The minimum atomic E-state index is -0.964. The van der Waals surface area contributed by atoms with Gasteiger partial charge in [-0.3, -0.25) is 4.79 Å². The first-order valence-corrected chi connectivity index (χ1v) is 8.27. The second-order valence-corrected chi connectivity index (χ2v) is 6.46. The van der Waals surface area contributed by atoms with Crippen molar-refractivity contribution in [3.05, 3.63) is 28.0 Å². The molecular formula is C16H21NO3S. The van der Waals surface area contributed by atoms with Gasteiger partial charge in [0.2, 0.25) is 5.91 Å². The average molecular weight is 307 g/mol. The smallest absolute Gasteiger partial charge is 0.328 e. The molecule has 4 nitrogen and oxygen atoms in total. The van der Waals surface area contributed by atoms with Crippen LogP contribution in [0.3, 0.4) is 0 Å². The van der Waals surface area contributed by atoms with Crippen molar-refractivity contribution >= 4 is 29.3 Å². The number of nitrogens with one attached hydrogen (secondary N) is 1. The first-order chi connectivity index (χ1) is 10.1. The lowest BCUT2D eigenvalue weighted by Crippen LogP contribution is -2.25. The van der Waals surface area contributed by atoms with E-state index in [0.717, 1.165) is 16.5 Å². The van der Waals surface area contributed by atoms with Crippen LogP contribution in [0.1, 0.15) is 49.0 Å². The molecule has 0 aliphatic heterocycles. The van der Waals surface area contributed by atoms with Gasteiger partial charge in [-0.1, -0.05) is 19.3 Å². The van der Waals surface area contributed by atoms with Crippen LogP contribution in [0, 0.1) is 5.92 Å². The third-order valence-corrected chi connectivity index (χ3v) is 4.77. The number of hydrogen-bond donors (Lipinski definition) is 2. The van der Waals surface area contributed by atoms with Gasteiger partial charge < -0.3 is 10.4 Å². The van der Waals surface area contributed by atoms with Crippen molar-refractivity contribution in [2.75, 3.05) is 0 Å². The highest BCUT2D eigenvalue weighted by atomic mass is 32.1. The molecule has 2 rings (SSSR count). The van der Waals surface area contributed by atoms with Crippen LogP contribution in [0.15, 0.2) is 17.5 Å². The Balaban J connectivity index is 1.81. The summed E-state index contributed by atoms with van der Waals surface area (Å²) in [5, 5.41) is 13.5. The third kappa shape index (κ3) is 5.34. The maximum Gasteiger partial charge on any atom is 0.328 e. The molecule has 1 amide bonds. The third-order valence-electron chi connectivity index (χ3n) is 3.83. The molecular weight excluding hydrogens is 286 g/mol. The van der Waals surface area contributed by atoms with E-state index >= 15 is 0 Å². The number of amides is 1. The van der Waals surface area contributed by atoms with E-state index in [1.807, 2.05) is 11.4 Å². The van der Waals surface area contributed by atoms with Gasteiger partial charge in [0.1, 0.15) is 0 Å². The maximum absolute atomic E-state index is 12.0. The summed E-state index contributed by atoms with van der Waals surface area (Å²) >= 11 is 1.53. The van der Waals surface area contributed by atoms with E-state index in [9.17, 15) is 9.59 Å². The molecule has 0 atom stereocenters. The van der Waals surface area contributed by atoms with E-state index in [2.05, 4.69) is 5.32 Å². The van der Waals surface area contributed by atoms with Crippen LogP contribution in [0.2, 0.25) is 0 Å². The summed E-state index contributed by atoms with van der Waals surface area (Å²) in [4.78, 5) is 23.5. The van der Waals surface area contributed by atoms with Crippen molar-refractivity contribution < 1.29 is 14.7 Å². The molecule has 1 aliphatic carbocycles. The Hall–Kier alpha value is -1.62. The number of rotatable bonds is 6. The van der Waals surface area contributed by atoms with E-state index < -0.39 is 5.97 Å². The number of carboxylic acid groups (broad SMARTS) is 1. The molecule has 1 fully saturated rings. The molecule has 0 spiro atoms. The fraction of sp³-hybridized carbons (Fsp3) is 0.500. The molecule has 0 saturated heterocycles. The Kier molecular flexibility index (Phi) is 5.99. The van der Waals surface area contributed by atoms with E-state index in [-0.39, 0.29) is 5.91 Å². The van der Waals surface area contributed by atoms with Gasteiger partial charge in [-0.2, -0.15) is 0 Å². The number of thiophene rings is 1. The van der Waals surface area contributed by atoms with Crippen LogP contribution in [-0.2, 0) is 16.1 Å². The molecule has 114 valence electrons. The summed E-state index contributed by atoms with van der Waals surface area (Å²) < 4.78 is 0. The van der Waals surface area contributed by atoms with Gasteiger partial charge in [-0.25, -0.2) is 4.79 Å². The highest BCUT2D eigenvalue weighted by molar-refractivity contribution is 7.10. The normalized spacial score (nSPS) is 16.2. The lowest BCUT2D eigenvalue weighted by atomic mass is 9.87. The molecule has 1 aliphatic rings. The lowest BCUT2D eigenvalue weighted by molar-refractivity contribution is -0.131. The monoisotopic (exact) mass is 307 g/mol. The van der Waals surface area contributed by atoms with Crippen LogP contribution >= 0.6 is 11.3 Å². The zero-order chi connectivity index (χ0) is 15.1. The molecule has 0 bridgehead atoms. The zero-order valence-corrected chi connectivity index (χ0v) is 12.8. The quantitative estimate of drug-likeness (QED) is 0.791. The lowest BCUT2D eigenvalue weighted by Gasteiger charge is -2.20. The number of hydrogen-bond acceptors (Lipinski definition) is 3. The van der Waals surface area contributed by atoms with Crippen LogP contribution in [0.4, 0.5) is 0 Å². The molecule has 5 heteroatoms. The van der Waals surface area contributed by atoms with Crippen molar-refractivity contribution in [1.82, 2.24) is 5.32 Å². The van der Waals surface area contributed by atoms with Gasteiger partial charge in [0.05, 0.1) is 6.54 Å². The van der Waals surface area contributed by atoms with Gasteiger partial charge in [0.25, 0.3) is 0 Å². The van der Waals surface area contributed by atoms with Crippen LogP contribution < -0.4 is 5.32 Å². The molecule has 0 aromatic carbocycles. The van der Waals surface area contributed by atoms with Crippen molar-refractivity contribution in [3.8, 4) is 0 Å². The molecule has 1 heterocycles. The number of carbonyl (C=O) groups excluding carboxylic acids is 1. The molecule has 1 aromatic heterocycles. The molecule has 1 saturated carbocycles. The fourth-order valence-corrected chi connectivity index (χ4v) is 3.51. The highest BCUT2D eigenvalue weighted by Gasteiger charge is 2.17. The topological polar surface area (TPSA) is 66.4 Å². The van der Waals surface area contributed by atoms with Gasteiger partial charge >= 0.3 is 5.97 Å². The van der Waals surface area contributed by atoms with E-state index in [1.54, 1.807) is 6.08 Å². The first kappa shape index (κ1) is 15.8. The van der Waals surface area contributed by atoms with Gasteiger partial charge in [-0.05, 0) is 41.8 Å². The first-order valence-electron chi connectivity index (χ1n) is 7.39. The molecule has 0 unspecified atom stereocenters. The summed E-state index contributed by atoms with van der Waals surface area (Å²) in [6.07, 6.45) is 9.42. The Labute approximate surface area is 128 Å². The summed E-state index contributed by atoms with van der Waals surface area (Å²) in [7, 11) is 0. The predicted octanol–water partition coefficient (Wildman–Crippen LogP) is 3.43. The molecule has 21 heavy (non-hydrogen) atoms. The second kappa shape index (κ2) is 7.98. The number of carboxylic acids is 1. The number of aliphatic carboxylic acids is 1. The minimum absolute atomic E-state index is 0.100. The SMILES string of the molecule is O=C(O)/C=C/c1ccsc1CNC(=O)CC1CCCCC1. The standard InChI is InChI=1S/C16H21NO3S/c18-15(10-12-4-2-1-3-5-12)17-11-14-13(8-9-21-14)6-7-16(19)20/h6-9,12H,1-5,10-11H2,(H,17,18)(H,19,20)/b7-6+. The van der Waals surface area contributed by atoms with E-state index in [1.165, 1.54) is 43.4 Å². The van der Waals surface area contributed by atoms with Crippen molar-refractivity contribution in [3.63, 3.8) is 0 Å². The Morgan fingerprint density at radius 3 is 2.81 bits per heavy atom. The minimum Gasteiger partial charge on any atom is -0.478 e. The summed E-state index contributed by atoms with van der Waals surface area (Å²) in [5.74, 6) is -0.328. The average Bonchev–Trinajstić information content (AvgIpc) is 2.91. The maximum atomic E-state index is 12.0. The van der Waals surface area contributed by atoms with Crippen LogP contribution in [0.25, 0.3) is 6.08 Å². The number of carbonyl (C=O) groups is 2. The van der Waals surface area contributed by atoms with Crippen LogP contribution in [0.5, 0.6) is 0 Å². The summed E-state index contributed by atoms with van der Waals surface area (Å²) in [6.45, 7) is 0.475. The Morgan fingerprint density at radius 2 is 2.10 bits per heavy atom. The highest BCUT2D eigenvalue weighted by Crippen LogP contribution is 2.26. The largest absolute Gasteiger partial charge is 0.478 e. The zero-order valence-electron chi connectivity index (χ0n) is 12.0. The fourth-order valence-electron chi connectivity index (χ4n) is 2.71. The van der Waals surface area contributed by atoms with E-state index in [0.29, 0.717) is 18.9 Å². The van der Waals surface area contributed by atoms with Crippen molar-refractivity contribution in [1.29, 1.82) is 0 Å².